The van der Waals surface area contributed by atoms with Crippen LogP contribution in [-0.2, 0) is 16.1 Å². The van der Waals surface area contributed by atoms with E-state index in [1.165, 1.54) is 0 Å². The molecule has 7 heteroatoms. The van der Waals surface area contributed by atoms with E-state index in [2.05, 4.69) is 14.0 Å². The molecular formula is C11H13Cl2N3OS. The number of nitrogens with one attached hydrogen (secondary N) is 1. The number of benzene rings is 1. The Morgan fingerprint density at radius 2 is 1.89 bits per heavy atom. The predicted octanol–water partition coefficient (Wildman–Crippen LogP) is 4.56. The van der Waals surface area contributed by atoms with Crippen LogP contribution < -0.4 is 5.32 Å². The molecule has 1 N–H and O–H groups in total. The van der Waals surface area contributed by atoms with Crippen LogP contribution in [0.2, 0.25) is 10.0 Å². The lowest BCUT2D eigenvalue weighted by Crippen LogP contribution is -2.29. The van der Waals surface area contributed by atoms with Gasteiger partial charge in [0, 0.05) is 13.2 Å². The zero-order valence-corrected chi connectivity index (χ0v) is 12.5. The number of ether oxygens (including phenoxy) is 1. The molecule has 2 unspecified atom stereocenters. The van der Waals surface area contributed by atoms with Crippen molar-refractivity contribution in [1.29, 1.82) is 0 Å². The first kappa shape index (κ1) is 13.8. The number of fused-ring (bicyclic) bond motifs is 1. The Hall–Kier alpha value is -0.620. The number of anilines is 1. The first-order valence-electron chi connectivity index (χ1n) is 5.44. The van der Waals surface area contributed by atoms with Gasteiger partial charge >= 0.3 is 0 Å². The standard InChI is InChI=1S/C11H13Cl2N3OS/c1-5(6(2)17-3)14-9-7(12)4-8(13)10-11(9)16-18-15-10/h4-6,14H,1-3H3. The highest BCUT2D eigenvalue weighted by Gasteiger charge is 2.21. The summed E-state index contributed by atoms with van der Waals surface area (Å²) in [6.45, 7) is 4.00. The van der Waals surface area contributed by atoms with Crippen molar-refractivity contribution in [3.05, 3.63) is 16.1 Å². The molecule has 1 aliphatic heterocycles. The zero-order chi connectivity index (χ0) is 13.3. The first-order valence-corrected chi connectivity index (χ1v) is 6.92. The van der Waals surface area contributed by atoms with E-state index in [0.29, 0.717) is 21.4 Å². The van der Waals surface area contributed by atoms with Gasteiger partial charge in [-0.25, -0.2) is 0 Å². The molecule has 1 heterocycles. The molecule has 0 aromatic heterocycles. The summed E-state index contributed by atoms with van der Waals surface area (Å²) >= 11 is 13.4. The molecule has 0 fully saturated rings. The Morgan fingerprint density at radius 1 is 1.22 bits per heavy atom. The number of nitrogens with zero attached hydrogens (tertiary/aromatic N) is 2. The Balaban J connectivity index is 2.35. The fraction of sp³-hybridized carbons (Fsp3) is 0.455. The van der Waals surface area contributed by atoms with Gasteiger partial charge in [-0.2, -0.15) is 8.73 Å². The minimum Gasteiger partial charge on any atom is -0.380 e. The number of halogens is 2. The van der Waals surface area contributed by atoms with Gasteiger partial charge in [-0.3, -0.25) is 0 Å². The number of hydrogen-bond acceptors (Lipinski definition) is 4. The van der Waals surface area contributed by atoms with Gasteiger partial charge in [-0.05, 0) is 19.9 Å². The minimum atomic E-state index is 0.0541. The summed E-state index contributed by atoms with van der Waals surface area (Å²) in [5.74, 6) is 0. The molecule has 0 spiro atoms. The number of methoxy groups -OCH3 is 1. The zero-order valence-electron chi connectivity index (χ0n) is 10.2. The summed E-state index contributed by atoms with van der Waals surface area (Å²) in [7, 11) is 1.67. The highest BCUT2D eigenvalue weighted by Crippen LogP contribution is 2.47. The largest absolute Gasteiger partial charge is 0.380 e. The van der Waals surface area contributed by atoms with Crippen LogP contribution in [0.1, 0.15) is 13.8 Å². The molecular weight excluding hydrogens is 293 g/mol. The molecule has 2 atom stereocenters. The van der Waals surface area contributed by atoms with Gasteiger partial charge in [0.2, 0.25) is 0 Å². The normalized spacial score (nSPS) is 16.1. The molecule has 0 aliphatic carbocycles. The van der Waals surface area contributed by atoms with Crippen molar-refractivity contribution in [3.8, 4) is 0 Å². The molecule has 1 aromatic carbocycles. The first-order chi connectivity index (χ1) is 8.54. The van der Waals surface area contributed by atoms with Crippen LogP contribution >= 0.6 is 23.2 Å². The Morgan fingerprint density at radius 3 is 2.56 bits per heavy atom. The second kappa shape index (κ2) is 5.57. The van der Waals surface area contributed by atoms with Gasteiger partial charge < -0.3 is 10.1 Å². The summed E-state index contributed by atoms with van der Waals surface area (Å²) < 4.78 is 13.7. The number of hydrogen-bond donors (Lipinski definition) is 1. The van der Waals surface area contributed by atoms with Crippen LogP contribution in [0.25, 0.3) is 0 Å². The lowest BCUT2D eigenvalue weighted by Gasteiger charge is -2.22. The van der Waals surface area contributed by atoms with Crippen molar-refractivity contribution < 1.29 is 4.74 Å². The maximum Gasteiger partial charge on any atom is 0.130 e. The SMILES string of the molecule is COC(C)C(C)Nc1c(Cl)cc(Cl)c2c1N=S=N2. The fourth-order valence-electron chi connectivity index (χ4n) is 1.56. The van der Waals surface area contributed by atoms with Crippen molar-refractivity contribution in [2.24, 2.45) is 8.73 Å². The summed E-state index contributed by atoms with van der Waals surface area (Å²) in [5.41, 5.74) is 2.12. The lowest BCUT2D eigenvalue weighted by atomic mass is 10.1. The lowest BCUT2D eigenvalue weighted by molar-refractivity contribution is 0.106. The Kier molecular flexibility index (Phi) is 4.27. The molecule has 98 valence electrons. The van der Waals surface area contributed by atoms with E-state index in [0.717, 1.165) is 17.0 Å². The van der Waals surface area contributed by atoms with Crippen LogP contribution in [0.15, 0.2) is 14.8 Å². The molecule has 0 amide bonds. The van der Waals surface area contributed by atoms with E-state index in [4.69, 9.17) is 27.9 Å². The van der Waals surface area contributed by atoms with Crippen LogP contribution in [0.4, 0.5) is 17.1 Å². The maximum absolute atomic E-state index is 6.21. The third kappa shape index (κ3) is 2.54. The van der Waals surface area contributed by atoms with Crippen LogP contribution in [0.3, 0.4) is 0 Å². The van der Waals surface area contributed by atoms with Gasteiger partial charge in [0.25, 0.3) is 0 Å². The van der Waals surface area contributed by atoms with Gasteiger partial charge in [0.1, 0.15) is 11.4 Å². The molecule has 1 aromatic rings. The second-order valence-electron chi connectivity index (χ2n) is 4.05. The van der Waals surface area contributed by atoms with Crippen LogP contribution in [0, 0.1) is 0 Å². The van der Waals surface area contributed by atoms with E-state index >= 15 is 0 Å². The smallest absolute Gasteiger partial charge is 0.130 e. The summed E-state index contributed by atoms with van der Waals surface area (Å²) in [4.78, 5) is 0. The quantitative estimate of drug-likeness (QED) is 0.900. The van der Waals surface area contributed by atoms with Gasteiger partial charge in [0.05, 0.1) is 33.2 Å². The van der Waals surface area contributed by atoms with E-state index in [1.54, 1.807) is 13.2 Å². The van der Waals surface area contributed by atoms with E-state index in [-0.39, 0.29) is 12.1 Å². The van der Waals surface area contributed by atoms with E-state index in [1.807, 2.05) is 13.8 Å². The van der Waals surface area contributed by atoms with Crippen molar-refractivity contribution >= 4 is 51.6 Å². The summed E-state index contributed by atoms with van der Waals surface area (Å²) in [6.07, 6.45) is 0.0541. The van der Waals surface area contributed by atoms with Crippen molar-refractivity contribution in [2.75, 3.05) is 12.4 Å². The number of rotatable bonds is 4. The van der Waals surface area contributed by atoms with Crippen LogP contribution in [0.5, 0.6) is 0 Å². The average Bonchev–Trinajstić information content (AvgIpc) is 2.82. The van der Waals surface area contributed by atoms with E-state index < -0.39 is 0 Å². The fourth-order valence-corrected chi connectivity index (χ4v) is 2.73. The summed E-state index contributed by atoms with van der Waals surface area (Å²) in [5, 5.41) is 4.36. The van der Waals surface area contributed by atoms with Crippen LogP contribution in [-0.4, -0.2) is 19.3 Å². The minimum absolute atomic E-state index is 0.0541. The van der Waals surface area contributed by atoms with Crippen molar-refractivity contribution in [1.82, 2.24) is 0 Å². The topological polar surface area (TPSA) is 46.0 Å². The molecule has 0 bridgehead atoms. The molecule has 2 rings (SSSR count). The highest BCUT2D eigenvalue weighted by molar-refractivity contribution is 7.58. The van der Waals surface area contributed by atoms with E-state index in [9.17, 15) is 0 Å². The Bertz CT molecular complexity index is 544. The maximum atomic E-state index is 6.21. The highest BCUT2D eigenvalue weighted by atomic mass is 35.5. The third-order valence-electron chi connectivity index (χ3n) is 2.89. The van der Waals surface area contributed by atoms with Crippen molar-refractivity contribution in [2.45, 2.75) is 26.0 Å². The molecule has 4 nitrogen and oxygen atoms in total. The summed E-state index contributed by atoms with van der Waals surface area (Å²) in [6, 6.07) is 1.78. The third-order valence-corrected chi connectivity index (χ3v) is 4.01. The molecule has 0 radical (unpaired) electrons. The molecule has 18 heavy (non-hydrogen) atoms. The van der Waals surface area contributed by atoms with Gasteiger partial charge in [-0.1, -0.05) is 23.2 Å². The molecule has 0 saturated carbocycles. The Labute approximate surface area is 120 Å². The molecule has 0 saturated heterocycles. The average molecular weight is 306 g/mol. The monoisotopic (exact) mass is 305 g/mol. The molecule has 1 aliphatic rings. The van der Waals surface area contributed by atoms with Crippen molar-refractivity contribution in [3.63, 3.8) is 0 Å². The van der Waals surface area contributed by atoms with Gasteiger partial charge in [0.15, 0.2) is 0 Å². The second-order valence-corrected chi connectivity index (χ2v) is 5.39. The van der Waals surface area contributed by atoms with Gasteiger partial charge in [-0.15, -0.1) is 0 Å². The predicted molar refractivity (Wildman–Crippen MR) is 77.6 cm³/mol.